The van der Waals surface area contributed by atoms with Gasteiger partial charge in [0, 0.05) is 21.1 Å². The minimum absolute atomic E-state index is 0.0720. The first kappa shape index (κ1) is 24.6. The van der Waals surface area contributed by atoms with E-state index >= 15 is 0 Å². The van der Waals surface area contributed by atoms with Gasteiger partial charge in [-0.1, -0.05) is 48.5 Å². The summed E-state index contributed by atoms with van der Waals surface area (Å²) in [5.74, 6) is 1.53. The summed E-state index contributed by atoms with van der Waals surface area (Å²) >= 11 is 3.54. The van der Waals surface area contributed by atoms with Gasteiger partial charge in [0.15, 0.2) is 11.5 Å². The highest BCUT2D eigenvalue weighted by atomic mass is 79.9. The van der Waals surface area contributed by atoms with Gasteiger partial charge in [-0.15, -0.1) is 0 Å². The highest BCUT2D eigenvalue weighted by Gasteiger charge is 2.22. The largest absolute Gasteiger partial charge is 0.493 e. The van der Waals surface area contributed by atoms with Crippen LogP contribution < -0.4 is 19.5 Å². The fourth-order valence-corrected chi connectivity index (χ4v) is 4.67. The van der Waals surface area contributed by atoms with Gasteiger partial charge in [0.2, 0.25) is 0 Å². The van der Waals surface area contributed by atoms with Gasteiger partial charge in [0.05, 0.1) is 25.9 Å². The van der Waals surface area contributed by atoms with E-state index in [-0.39, 0.29) is 12.0 Å². The third-order valence-electron chi connectivity index (χ3n) is 5.72. The molecule has 6 heteroatoms. The first-order valence-electron chi connectivity index (χ1n) is 11.4. The Kier molecular flexibility index (Phi) is 7.31. The van der Waals surface area contributed by atoms with E-state index in [1.807, 2.05) is 87.5 Å². The molecule has 0 heterocycles. The Balaban J connectivity index is 1.89. The number of carbonyl (C=O) groups excluding carboxylic acids is 1. The van der Waals surface area contributed by atoms with Crippen LogP contribution in [0.3, 0.4) is 0 Å². The van der Waals surface area contributed by atoms with Crippen LogP contribution in [0, 0.1) is 6.92 Å². The Hall–Kier alpha value is -3.51. The van der Waals surface area contributed by atoms with Gasteiger partial charge in [0.1, 0.15) is 5.75 Å². The van der Waals surface area contributed by atoms with E-state index < -0.39 is 0 Å². The van der Waals surface area contributed by atoms with Crippen molar-refractivity contribution in [3.8, 4) is 28.4 Å². The molecule has 0 saturated heterocycles. The molecule has 0 bridgehead atoms. The number of carbonyl (C=O) groups is 1. The topological polar surface area (TPSA) is 56.8 Å². The van der Waals surface area contributed by atoms with Crippen LogP contribution in [-0.2, 0) is 0 Å². The van der Waals surface area contributed by atoms with Crippen molar-refractivity contribution in [3.63, 3.8) is 0 Å². The summed E-state index contributed by atoms with van der Waals surface area (Å²) < 4.78 is 18.1. The third-order valence-corrected chi connectivity index (χ3v) is 6.38. The van der Waals surface area contributed by atoms with Gasteiger partial charge >= 0.3 is 0 Å². The molecule has 4 aromatic carbocycles. The number of anilines is 1. The predicted molar refractivity (Wildman–Crippen MR) is 145 cm³/mol. The summed E-state index contributed by atoms with van der Waals surface area (Å²) in [5.41, 5.74) is 3.90. The molecule has 0 aromatic heterocycles. The number of fused-ring (bicyclic) bond motifs is 1. The maximum absolute atomic E-state index is 13.6. The van der Waals surface area contributed by atoms with Crippen LogP contribution in [-0.4, -0.2) is 26.2 Å². The molecule has 1 N–H and O–H groups in total. The second kappa shape index (κ2) is 10.4. The number of methoxy groups -OCH3 is 2. The molecule has 4 rings (SSSR count). The average Bonchev–Trinajstić information content (AvgIpc) is 2.85. The molecule has 0 aliphatic heterocycles. The molecule has 180 valence electrons. The molecule has 0 aliphatic rings. The molecule has 5 nitrogen and oxygen atoms in total. The van der Waals surface area contributed by atoms with Crippen LogP contribution in [0.25, 0.3) is 21.9 Å². The monoisotopic (exact) mass is 533 g/mol. The lowest BCUT2D eigenvalue weighted by molar-refractivity contribution is 0.102. The summed E-state index contributed by atoms with van der Waals surface area (Å²) in [5, 5.41) is 4.88. The van der Waals surface area contributed by atoms with E-state index in [1.54, 1.807) is 14.2 Å². The lowest BCUT2D eigenvalue weighted by atomic mass is 9.95. The second-order valence-corrected chi connectivity index (χ2v) is 9.30. The van der Waals surface area contributed by atoms with Crippen LogP contribution in [0.4, 0.5) is 5.69 Å². The van der Waals surface area contributed by atoms with Crippen LogP contribution >= 0.6 is 15.9 Å². The lowest BCUT2D eigenvalue weighted by Crippen LogP contribution is -2.17. The van der Waals surface area contributed by atoms with E-state index in [4.69, 9.17) is 14.2 Å². The Morgan fingerprint density at radius 3 is 2.29 bits per heavy atom. The van der Waals surface area contributed by atoms with Gasteiger partial charge in [-0.25, -0.2) is 0 Å². The number of benzene rings is 4. The zero-order valence-electron chi connectivity index (χ0n) is 20.4. The normalized spacial score (nSPS) is 10.9. The summed E-state index contributed by atoms with van der Waals surface area (Å²) in [6.07, 6.45) is -0.0720. The fourth-order valence-electron chi connectivity index (χ4n) is 4.18. The van der Waals surface area contributed by atoms with Crippen molar-refractivity contribution in [1.29, 1.82) is 0 Å². The maximum Gasteiger partial charge on any atom is 0.260 e. The average molecular weight is 534 g/mol. The van der Waals surface area contributed by atoms with Gasteiger partial charge in [0.25, 0.3) is 5.91 Å². The molecule has 0 unspecified atom stereocenters. The number of aryl methyl sites for hydroxylation is 1. The molecule has 0 atom stereocenters. The number of hydrogen-bond acceptors (Lipinski definition) is 4. The number of hydrogen-bond donors (Lipinski definition) is 1. The molecule has 0 saturated carbocycles. The Labute approximate surface area is 214 Å². The third kappa shape index (κ3) is 4.84. The van der Waals surface area contributed by atoms with Crippen molar-refractivity contribution in [2.75, 3.05) is 19.5 Å². The lowest BCUT2D eigenvalue weighted by Gasteiger charge is -2.20. The van der Waals surface area contributed by atoms with Crippen molar-refractivity contribution in [2.24, 2.45) is 0 Å². The molecule has 4 aromatic rings. The van der Waals surface area contributed by atoms with E-state index in [0.717, 1.165) is 27.5 Å². The van der Waals surface area contributed by atoms with Gasteiger partial charge in [-0.2, -0.15) is 0 Å². The molecule has 0 spiro atoms. The molecular formula is C29H28BrNO4. The van der Waals surface area contributed by atoms with Gasteiger partial charge < -0.3 is 19.5 Å². The van der Waals surface area contributed by atoms with E-state index in [1.165, 1.54) is 0 Å². The van der Waals surface area contributed by atoms with Crippen molar-refractivity contribution < 1.29 is 19.0 Å². The van der Waals surface area contributed by atoms with E-state index in [2.05, 4.69) is 21.2 Å². The number of nitrogens with one attached hydrogen (secondary N) is 1. The second-order valence-electron chi connectivity index (χ2n) is 8.44. The zero-order chi connectivity index (χ0) is 25.1. The number of amides is 1. The Morgan fingerprint density at radius 1 is 0.886 bits per heavy atom. The minimum Gasteiger partial charge on any atom is -0.493 e. The fraction of sp³-hybridized carbons (Fsp3) is 0.207. The van der Waals surface area contributed by atoms with Crippen LogP contribution in [0.15, 0.2) is 71.2 Å². The molecule has 0 radical (unpaired) electrons. The van der Waals surface area contributed by atoms with Crippen molar-refractivity contribution in [3.05, 3.63) is 82.3 Å². The number of rotatable bonds is 7. The Morgan fingerprint density at radius 2 is 1.63 bits per heavy atom. The van der Waals surface area contributed by atoms with E-state index in [0.29, 0.717) is 33.0 Å². The summed E-state index contributed by atoms with van der Waals surface area (Å²) in [6.45, 7) is 5.82. The molecule has 0 aliphatic carbocycles. The van der Waals surface area contributed by atoms with Crippen molar-refractivity contribution >= 4 is 38.3 Å². The van der Waals surface area contributed by atoms with Gasteiger partial charge in [-0.05, 0) is 71.4 Å². The minimum atomic E-state index is -0.264. The zero-order valence-corrected chi connectivity index (χ0v) is 22.0. The van der Waals surface area contributed by atoms with Crippen LogP contribution in [0.5, 0.6) is 17.2 Å². The van der Waals surface area contributed by atoms with Crippen molar-refractivity contribution in [1.82, 2.24) is 0 Å². The summed E-state index contributed by atoms with van der Waals surface area (Å²) in [7, 11) is 3.24. The molecule has 0 fully saturated rings. The van der Waals surface area contributed by atoms with Gasteiger partial charge in [-0.3, -0.25) is 4.79 Å². The molecule has 35 heavy (non-hydrogen) atoms. The SMILES string of the molecule is COc1cc2c(NC(=O)c3c(Br)ccc(C)c3OC(C)C)cccc2c(-c2ccccc2)c1OC. The smallest absolute Gasteiger partial charge is 0.260 e. The summed E-state index contributed by atoms with van der Waals surface area (Å²) in [6, 6.07) is 21.5. The van der Waals surface area contributed by atoms with Crippen LogP contribution in [0.2, 0.25) is 0 Å². The standard InChI is InChI=1S/C29H28BrNO4/c1-17(2)35-27-18(3)14-15-22(30)26(27)29(32)31-23-13-9-12-20-21(23)16-24(33-4)28(34-5)25(20)19-10-7-6-8-11-19/h6-17H,1-5H3,(H,31,32). The quantitative estimate of drug-likeness (QED) is 0.265. The summed E-state index contributed by atoms with van der Waals surface area (Å²) in [4.78, 5) is 13.6. The predicted octanol–water partition coefficient (Wildman–Crippen LogP) is 7.63. The van der Waals surface area contributed by atoms with Crippen LogP contribution in [0.1, 0.15) is 29.8 Å². The molecular weight excluding hydrogens is 506 g/mol. The highest BCUT2D eigenvalue weighted by Crippen LogP contribution is 2.45. The van der Waals surface area contributed by atoms with Crippen molar-refractivity contribution in [2.45, 2.75) is 26.9 Å². The molecule has 1 amide bonds. The first-order valence-corrected chi connectivity index (χ1v) is 12.1. The first-order chi connectivity index (χ1) is 16.8. The van der Waals surface area contributed by atoms with E-state index in [9.17, 15) is 4.79 Å². The highest BCUT2D eigenvalue weighted by molar-refractivity contribution is 9.10. The number of halogens is 1. The Bertz CT molecular complexity index is 1380. The number of ether oxygens (including phenoxy) is 3. The maximum atomic E-state index is 13.6.